The summed E-state index contributed by atoms with van der Waals surface area (Å²) in [6, 6.07) is 12.0. The first kappa shape index (κ1) is 13.7. The van der Waals surface area contributed by atoms with Crippen LogP contribution in [0.25, 0.3) is 0 Å². The van der Waals surface area contributed by atoms with Crippen molar-refractivity contribution in [1.29, 1.82) is 0 Å². The number of benzene rings is 2. The third-order valence-electron chi connectivity index (χ3n) is 4.16. The molecule has 2 aromatic rings. The first-order valence-corrected chi connectivity index (χ1v) is 6.84. The molecular weight excluding hydrogens is 232 g/mol. The molecule has 1 heteroatoms. The van der Waals surface area contributed by atoms with Crippen LogP contribution in [-0.4, -0.2) is 5.11 Å². The van der Waals surface area contributed by atoms with Crippen LogP contribution in [0, 0.1) is 20.8 Å². The van der Waals surface area contributed by atoms with Crippen molar-refractivity contribution in [1.82, 2.24) is 0 Å². The quantitative estimate of drug-likeness (QED) is 0.844. The van der Waals surface area contributed by atoms with Gasteiger partial charge < -0.3 is 5.11 Å². The largest absolute Gasteiger partial charge is 0.508 e. The molecule has 0 bridgehead atoms. The molecule has 19 heavy (non-hydrogen) atoms. The van der Waals surface area contributed by atoms with E-state index in [1.54, 1.807) is 6.07 Å². The van der Waals surface area contributed by atoms with Gasteiger partial charge >= 0.3 is 0 Å². The molecule has 0 amide bonds. The van der Waals surface area contributed by atoms with Gasteiger partial charge in [-0.25, -0.2) is 0 Å². The van der Waals surface area contributed by atoms with Crippen molar-refractivity contribution in [3.8, 4) is 5.75 Å². The zero-order chi connectivity index (χ0) is 14.0. The van der Waals surface area contributed by atoms with E-state index in [9.17, 15) is 5.11 Å². The SMILES string of the molecule is Cc1ccc(CC(C)c2ccccc2O)c(C)c1C. The van der Waals surface area contributed by atoms with Gasteiger partial charge in [-0.3, -0.25) is 0 Å². The maximum absolute atomic E-state index is 9.93. The molecule has 0 aromatic heterocycles. The number of hydrogen-bond donors (Lipinski definition) is 1. The van der Waals surface area contributed by atoms with Crippen LogP contribution in [0.2, 0.25) is 0 Å². The van der Waals surface area contributed by atoms with E-state index in [2.05, 4.69) is 39.8 Å². The summed E-state index contributed by atoms with van der Waals surface area (Å²) < 4.78 is 0. The second-order valence-electron chi connectivity index (χ2n) is 5.46. The van der Waals surface area contributed by atoms with Crippen LogP contribution in [-0.2, 0) is 6.42 Å². The number of rotatable bonds is 3. The van der Waals surface area contributed by atoms with Crippen LogP contribution in [0.3, 0.4) is 0 Å². The highest BCUT2D eigenvalue weighted by Crippen LogP contribution is 2.29. The van der Waals surface area contributed by atoms with Crippen molar-refractivity contribution in [2.24, 2.45) is 0 Å². The van der Waals surface area contributed by atoms with Crippen LogP contribution in [0.15, 0.2) is 36.4 Å². The fourth-order valence-electron chi connectivity index (χ4n) is 2.58. The monoisotopic (exact) mass is 254 g/mol. The lowest BCUT2D eigenvalue weighted by molar-refractivity contribution is 0.462. The molecule has 0 aliphatic carbocycles. The lowest BCUT2D eigenvalue weighted by atomic mass is 9.89. The van der Waals surface area contributed by atoms with E-state index in [0.29, 0.717) is 11.7 Å². The molecule has 0 radical (unpaired) electrons. The maximum Gasteiger partial charge on any atom is 0.119 e. The van der Waals surface area contributed by atoms with Gasteiger partial charge in [-0.2, -0.15) is 0 Å². The molecule has 1 nitrogen and oxygen atoms in total. The van der Waals surface area contributed by atoms with Crippen molar-refractivity contribution in [3.63, 3.8) is 0 Å². The van der Waals surface area contributed by atoms with Crippen LogP contribution in [0.5, 0.6) is 5.75 Å². The predicted octanol–water partition coefficient (Wildman–Crippen LogP) is 4.66. The smallest absolute Gasteiger partial charge is 0.119 e. The zero-order valence-electron chi connectivity index (χ0n) is 12.2. The topological polar surface area (TPSA) is 20.2 Å². The van der Waals surface area contributed by atoms with Gasteiger partial charge in [0, 0.05) is 0 Å². The van der Waals surface area contributed by atoms with E-state index in [1.165, 1.54) is 22.3 Å². The van der Waals surface area contributed by atoms with Crippen LogP contribution in [0.1, 0.15) is 40.7 Å². The van der Waals surface area contributed by atoms with Gasteiger partial charge in [0.1, 0.15) is 5.75 Å². The number of phenols is 1. The fourth-order valence-corrected chi connectivity index (χ4v) is 2.58. The van der Waals surface area contributed by atoms with E-state index in [1.807, 2.05) is 18.2 Å². The Morgan fingerprint density at radius 1 is 0.947 bits per heavy atom. The van der Waals surface area contributed by atoms with Crippen molar-refractivity contribution in [3.05, 3.63) is 64.2 Å². The molecule has 0 fully saturated rings. The van der Waals surface area contributed by atoms with Crippen molar-refractivity contribution in [2.45, 2.75) is 40.0 Å². The van der Waals surface area contributed by atoms with E-state index >= 15 is 0 Å². The van der Waals surface area contributed by atoms with Crippen LogP contribution >= 0.6 is 0 Å². The minimum absolute atomic E-state index is 0.321. The van der Waals surface area contributed by atoms with Gasteiger partial charge in [0.15, 0.2) is 0 Å². The van der Waals surface area contributed by atoms with Crippen molar-refractivity contribution in [2.75, 3.05) is 0 Å². The summed E-state index contributed by atoms with van der Waals surface area (Å²) in [7, 11) is 0. The van der Waals surface area contributed by atoms with E-state index < -0.39 is 0 Å². The summed E-state index contributed by atoms with van der Waals surface area (Å²) in [6.07, 6.45) is 0.963. The van der Waals surface area contributed by atoms with Crippen LogP contribution < -0.4 is 0 Å². The predicted molar refractivity (Wildman–Crippen MR) is 80.9 cm³/mol. The molecule has 0 heterocycles. The Bertz CT molecular complexity index is 584. The van der Waals surface area contributed by atoms with E-state index in [-0.39, 0.29) is 0 Å². The lowest BCUT2D eigenvalue weighted by Crippen LogP contribution is -2.02. The Kier molecular flexibility index (Phi) is 3.94. The number of hydrogen-bond acceptors (Lipinski definition) is 1. The Hall–Kier alpha value is -1.76. The Balaban J connectivity index is 2.27. The summed E-state index contributed by atoms with van der Waals surface area (Å²) >= 11 is 0. The van der Waals surface area contributed by atoms with Crippen molar-refractivity contribution < 1.29 is 5.11 Å². The first-order valence-electron chi connectivity index (χ1n) is 6.84. The summed E-state index contributed by atoms with van der Waals surface area (Å²) in [5, 5.41) is 9.93. The standard InChI is InChI=1S/C18H22O/c1-12-9-10-16(15(4)14(12)3)11-13(2)17-7-5-6-8-18(17)19/h5-10,13,19H,11H2,1-4H3. The summed E-state index contributed by atoms with van der Waals surface area (Å²) in [5.41, 5.74) is 6.50. The van der Waals surface area contributed by atoms with Gasteiger partial charge in [-0.1, -0.05) is 37.3 Å². The highest BCUT2D eigenvalue weighted by Gasteiger charge is 2.12. The first-order chi connectivity index (χ1) is 9.00. The Morgan fingerprint density at radius 3 is 2.32 bits per heavy atom. The van der Waals surface area contributed by atoms with Crippen molar-refractivity contribution >= 4 is 0 Å². The minimum Gasteiger partial charge on any atom is -0.508 e. The normalized spacial score (nSPS) is 12.4. The van der Waals surface area contributed by atoms with Gasteiger partial charge in [0.25, 0.3) is 0 Å². The molecule has 2 rings (SSSR count). The lowest BCUT2D eigenvalue weighted by Gasteiger charge is -2.17. The summed E-state index contributed by atoms with van der Waals surface area (Å²) in [6.45, 7) is 8.69. The molecule has 100 valence electrons. The van der Waals surface area contributed by atoms with Gasteiger partial charge in [-0.15, -0.1) is 0 Å². The summed E-state index contributed by atoms with van der Waals surface area (Å²) in [4.78, 5) is 0. The zero-order valence-corrected chi connectivity index (χ0v) is 12.2. The second-order valence-corrected chi connectivity index (χ2v) is 5.46. The van der Waals surface area contributed by atoms with Crippen LogP contribution in [0.4, 0.5) is 0 Å². The van der Waals surface area contributed by atoms with E-state index in [4.69, 9.17) is 0 Å². The average molecular weight is 254 g/mol. The second kappa shape index (κ2) is 5.48. The highest BCUT2D eigenvalue weighted by atomic mass is 16.3. The molecular formula is C18H22O. The molecule has 0 saturated heterocycles. The minimum atomic E-state index is 0.321. The number of aryl methyl sites for hydroxylation is 1. The Morgan fingerprint density at radius 2 is 1.63 bits per heavy atom. The number of phenolic OH excluding ortho intramolecular Hbond substituents is 1. The molecule has 1 unspecified atom stereocenters. The number of para-hydroxylation sites is 1. The number of aromatic hydroxyl groups is 1. The molecule has 0 spiro atoms. The maximum atomic E-state index is 9.93. The van der Waals surface area contributed by atoms with Gasteiger partial charge in [0.2, 0.25) is 0 Å². The molecule has 0 aliphatic heterocycles. The third-order valence-corrected chi connectivity index (χ3v) is 4.16. The fraction of sp³-hybridized carbons (Fsp3) is 0.333. The van der Waals surface area contributed by atoms with Gasteiger partial charge in [-0.05, 0) is 67.0 Å². The Labute approximate surface area is 115 Å². The van der Waals surface area contributed by atoms with Gasteiger partial charge in [0.05, 0.1) is 0 Å². The molecule has 2 aromatic carbocycles. The third kappa shape index (κ3) is 2.81. The molecule has 1 N–H and O–H groups in total. The molecule has 0 aliphatic rings. The average Bonchev–Trinajstić information content (AvgIpc) is 2.40. The molecule has 1 atom stereocenters. The van der Waals surface area contributed by atoms with E-state index in [0.717, 1.165) is 12.0 Å². The molecule has 0 saturated carbocycles. The highest BCUT2D eigenvalue weighted by molar-refractivity contribution is 5.41. The summed E-state index contributed by atoms with van der Waals surface area (Å²) in [5.74, 6) is 0.721.